The molecule has 0 amide bonds. The highest BCUT2D eigenvalue weighted by Crippen LogP contribution is 2.58. The average molecular weight is 696 g/mol. The lowest BCUT2D eigenvalue weighted by Gasteiger charge is -2.37. The summed E-state index contributed by atoms with van der Waals surface area (Å²) in [6, 6.07) is 49.1. The lowest BCUT2D eigenvalue weighted by atomic mass is 9.67. The molecule has 0 N–H and O–H groups in total. The number of benzene rings is 6. The third kappa shape index (κ3) is 5.92. The highest BCUT2D eigenvalue weighted by atomic mass is 15.1. The van der Waals surface area contributed by atoms with Gasteiger partial charge in [0.05, 0.1) is 5.69 Å². The van der Waals surface area contributed by atoms with Crippen molar-refractivity contribution < 1.29 is 0 Å². The number of fused-ring (bicyclic) bond motifs is 7. The Morgan fingerprint density at radius 1 is 0.396 bits per heavy atom. The molecule has 8 rings (SSSR count). The topological polar surface area (TPSA) is 3.24 Å². The summed E-state index contributed by atoms with van der Waals surface area (Å²) in [7, 11) is 0. The maximum absolute atomic E-state index is 2.58. The van der Waals surface area contributed by atoms with E-state index in [-0.39, 0.29) is 10.8 Å². The largest absolute Gasteiger partial charge is 0.310 e. The lowest BCUT2D eigenvalue weighted by Crippen LogP contribution is -2.30. The fourth-order valence-corrected chi connectivity index (χ4v) is 10.8. The van der Waals surface area contributed by atoms with Gasteiger partial charge in [-0.25, -0.2) is 0 Å². The number of hydrogen-bond acceptors (Lipinski definition) is 1. The highest BCUT2D eigenvalue weighted by Gasteiger charge is 2.46. The summed E-state index contributed by atoms with van der Waals surface area (Å²) >= 11 is 0. The summed E-state index contributed by atoms with van der Waals surface area (Å²) in [4.78, 5) is 2.58. The molecule has 6 aromatic rings. The molecule has 0 aliphatic heterocycles. The Morgan fingerprint density at radius 2 is 0.792 bits per heavy atom. The summed E-state index contributed by atoms with van der Waals surface area (Å²) in [5, 5.41) is 2.54. The second-order valence-electron chi connectivity index (χ2n) is 17.9. The van der Waals surface area contributed by atoms with Crippen LogP contribution in [0.15, 0.2) is 127 Å². The molecule has 0 bridgehead atoms. The van der Waals surface area contributed by atoms with Crippen LogP contribution in [0.2, 0.25) is 0 Å². The first-order valence-electron chi connectivity index (χ1n) is 20.3. The molecule has 1 heteroatoms. The molecule has 0 saturated carbocycles. The zero-order valence-electron chi connectivity index (χ0n) is 33.2. The van der Waals surface area contributed by atoms with E-state index >= 15 is 0 Å². The molecule has 2 aliphatic rings. The van der Waals surface area contributed by atoms with Crippen LogP contribution >= 0.6 is 0 Å². The molecule has 0 unspecified atom stereocenters. The smallest absolute Gasteiger partial charge is 0.0540 e. The Bertz CT molecular complexity index is 2140. The first-order chi connectivity index (χ1) is 25.5. The molecule has 2 aliphatic carbocycles. The van der Waals surface area contributed by atoms with Crippen molar-refractivity contribution in [2.24, 2.45) is 23.7 Å². The summed E-state index contributed by atoms with van der Waals surface area (Å²) in [5.74, 6) is 2.27. The van der Waals surface area contributed by atoms with Gasteiger partial charge in [-0.1, -0.05) is 152 Å². The predicted molar refractivity (Wildman–Crippen MR) is 229 cm³/mol. The summed E-state index contributed by atoms with van der Waals surface area (Å²) in [5.41, 5.74) is 15.3. The summed E-state index contributed by atoms with van der Waals surface area (Å²) in [6.07, 6.45) is 4.54. The Morgan fingerprint density at radius 3 is 1.26 bits per heavy atom. The van der Waals surface area contributed by atoms with Crippen molar-refractivity contribution in [2.45, 2.75) is 91.9 Å². The molecule has 0 saturated heterocycles. The van der Waals surface area contributed by atoms with E-state index in [0.717, 1.165) is 25.7 Å². The fourth-order valence-electron chi connectivity index (χ4n) is 10.8. The van der Waals surface area contributed by atoms with E-state index < -0.39 is 0 Å². The van der Waals surface area contributed by atoms with Gasteiger partial charge in [0, 0.05) is 27.6 Å². The van der Waals surface area contributed by atoms with Gasteiger partial charge in [-0.3, -0.25) is 0 Å². The van der Waals surface area contributed by atoms with Crippen LogP contribution in [0.1, 0.15) is 103 Å². The van der Waals surface area contributed by atoms with Gasteiger partial charge >= 0.3 is 0 Å². The van der Waals surface area contributed by atoms with Crippen LogP contribution in [0.3, 0.4) is 0 Å². The minimum absolute atomic E-state index is 0.0298. The van der Waals surface area contributed by atoms with Crippen molar-refractivity contribution >= 4 is 27.8 Å². The summed E-state index contributed by atoms with van der Waals surface area (Å²) < 4.78 is 0. The maximum atomic E-state index is 2.58. The molecular formula is C52H57N. The van der Waals surface area contributed by atoms with E-state index in [4.69, 9.17) is 0 Å². The second kappa shape index (κ2) is 13.7. The van der Waals surface area contributed by atoms with E-state index in [1.807, 2.05) is 0 Å². The van der Waals surface area contributed by atoms with Crippen molar-refractivity contribution in [2.75, 3.05) is 4.90 Å². The van der Waals surface area contributed by atoms with Crippen molar-refractivity contribution in [3.63, 3.8) is 0 Å². The zero-order chi connectivity index (χ0) is 37.1. The molecule has 0 fully saturated rings. The van der Waals surface area contributed by atoms with E-state index in [1.165, 1.54) is 72.3 Å². The third-order valence-electron chi connectivity index (χ3n) is 12.1. The van der Waals surface area contributed by atoms with Crippen LogP contribution in [0, 0.1) is 23.7 Å². The van der Waals surface area contributed by atoms with Crippen LogP contribution in [0.4, 0.5) is 17.1 Å². The van der Waals surface area contributed by atoms with E-state index in [9.17, 15) is 0 Å². The predicted octanol–water partition coefficient (Wildman–Crippen LogP) is 15.0. The molecule has 0 spiro atoms. The molecule has 53 heavy (non-hydrogen) atoms. The number of nitrogens with zero attached hydrogens (tertiary/aromatic N) is 1. The van der Waals surface area contributed by atoms with E-state index in [1.54, 1.807) is 0 Å². The van der Waals surface area contributed by atoms with Gasteiger partial charge in [0.25, 0.3) is 0 Å². The highest BCUT2D eigenvalue weighted by molar-refractivity contribution is 6.00. The van der Waals surface area contributed by atoms with E-state index in [0.29, 0.717) is 23.7 Å². The number of anilines is 3. The quantitative estimate of drug-likeness (QED) is 0.130. The van der Waals surface area contributed by atoms with Crippen molar-refractivity contribution in [1.29, 1.82) is 0 Å². The fraction of sp³-hybridized carbons (Fsp3) is 0.346. The zero-order valence-corrected chi connectivity index (χ0v) is 33.2. The number of hydrogen-bond donors (Lipinski definition) is 0. The van der Waals surface area contributed by atoms with Crippen LogP contribution < -0.4 is 4.90 Å². The molecule has 270 valence electrons. The van der Waals surface area contributed by atoms with E-state index in [2.05, 4.69) is 188 Å². The van der Waals surface area contributed by atoms with Crippen molar-refractivity contribution in [3.8, 4) is 22.3 Å². The first kappa shape index (κ1) is 35.4. The minimum atomic E-state index is -0.0298. The van der Waals surface area contributed by atoms with Crippen molar-refractivity contribution in [3.05, 3.63) is 150 Å². The second-order valence-corrected chi connectivity index (χ2v) is 17.9. The molecule has 1 nitrogen and oxygen atoms in total. The van der Waals surface area contributed by atoms with Crippen LogP contribution in [0.5, 0.6) is 0 Å². The Kier molecular flexibility index (Phi) is 9.13. The average Bonchev–Trinajstić information content (AvgIpc) is 3.53. The van der Waals surface area contributed by atoms with Crippen LogP contribution in [0.25, 0.3) is 33.0 Å². The Hall–Kier alpha value is -4.62. The number of rotatable bonds is 11. The molecule has 0 aromatic heterocycles. The maximum Gasteiger partial charge on any atom is 0.0540 e. The van der Waals surface area contributed by atoms with Gasteiger partial charge in [-0.15, -0.1) is 0 Å². The Balaban J connectivity index is 1.40. The standard InChI is InChI=1S/C52H57N/c1-34(2)30-51(31-35(3)4)46-21-13-11-19-42(46)44-26-24-39(28-48(44)51)53(50-23-15-17-38-16-9-10-18-41(38)50)40-25-27-45-43-20-12-14-22-47(43)52(32-36(5)6,33-37(7)8)49(45)29-40/h9-29,34-37H,30-33H2,1-8H3. The SMILES string of the molecule is CC(C)CC1(CC(C)C)c2ccccc2-c2ccc(N(c3ccc4c(c3)C(CC(C)C)(CC(C)C)c3ccccc3-4)c3cccc4ccccc34)cc21. The van der Waals surface area contributed by atoms with Crippen molar-refractivity contribution in [1.82, 2.24) is 0 Å². The minimum Gasteiger partial charge on any atom is -0.310 e. The summed E-state index contributed by atoms with van der Waals surface area (Å²) in [6.45, 7) is 19.2. The molecule has 0 atom stereocenters. The third-order valence-corrected chi connectivity index (χ3v) is 12.1. The van der Waals surface area contributed by atoms with Crippen LogP contribution in [-0.2, 0) is 10.8 Å². The lowest BCUT2D eigenvalue weighted by molar-refractivity contribution is 0.337. The van der Waals surface area contributed by atoms with Crippen LogP contribution in [-0.4, -0.2) is 0 Å². The molecule has 0 radical (unpaired) electrons. The molecule has 0 heterocycles. The van der Waals surface area contributed by atoms with Gasteiger partial charge in [-0.05, 0) is 130 Å². The van der Waals surface area contributed by atoms with Gasteiger partial charge < -0.3 is 4.90 Å². The first-order valence-corrected chi connectivity index (χ1v) is 20.3. The molecule has 6 aromatic carbocycles. The van der Waals surface area contributed by atoms with Gasteiger partial charge in [0.1, 0.15) is 0 Å². The van der Waals surface area contributed by atoms with Gasteiger partial charge in [0.2, 0.25) is 0 Å². The van der Waals surface area contributed by atoms with Gasteiger partial charge in [-0.2, -0.15) is 0 Å². The normalized spacial score (nSPS) is 14.9. The monoisotopic (exact) mass is 695 g/mol. The molecular weight excluding hydrogens is 639 g/mol. The Labute approximate surface area is 319 Å². The van der Waals surface area contributed by atoms with Gasteiger partial charge in [0.15, 0.2) is 0 Å².